The third-order valence-electron chi connectivity index (χ3n) is 6.35. The first-order chi connectivity index (χ1) is 18.9. The second kappa shape index (κ2) is 14.0. The number of benzene rings is 3. The molecule has 0 saturated heterocycles. The molecule has 2 amide bonds. The molecule has 214 valence electrons. The Labute approximate surface area is 244 Å². The van der Waals surface area contributed by atoms with Crippen molar-refractivity contribution >= 4 is 50.7 Å². The van der Waals surface area contributed by atoms with Crippen molar-refractivity contribution in [3.63, 3.8) is 0 Å². The lowest BCUT2D eigenvalue weighted by Gasteiger charge is -2.34. The van der Waals surface area contributed by atoms with E-state index in [9.17, 15) is 22.4 Å². The Morgan fingerprint density at radius 2 is 1.55 bits per heavy atom. The van der Waals surface area contributed by atoms with Crippen molar-refractivity contribution in [1.29, 1.82) is 0 Å². The smallest absolute Gasteiger partial charge is 0.244 e. The van der Waals surface area contributed by atoms with Crippen LogP contribution in [0, 0.1) is 5.82 Å². The molecule has 0 spiro atoms. The molecule has 2 atom stereocenters. The van der Waals surface area contributed by atoms with Crippen LogP contribution in [0.1, 0.15) is 31.4 Å². The Bertz CT molecular complexity index is 1400. The minimum absolute atomic E-state index is 0.0571. The standard InChI is InChI=1S/C29H32Cl2FN3O4S/c1-4-20(2)33-29(37)27(14-21-8-6-5-7-9-21)34(18-22-10-12-25(32)13-11-22)28(36)19-35(40(3,38)39)26-16-23(30)15-24(31)17-26/h5-13,15-17,20,27H,4,14,18-19H2,1-3H3,(H,33,37). The minimum Gasteiger partial charge on any atom is -0.352 e. The highest BCUT2D eigenvalue weighted by molar-refractivity contribution is 7.92. The van der Waals surface area contributed by atoms with Crippen LogP contribution in [0.3, 0.4) is 0 Å². The fourth-order valence-corrected chi connectivity index (χ4v) is 5.43. The van der Waals surface area contributed by atoms with Gasteiger partial charge in [0.15, 0.2) is 0 Å². The second-order valence-electron chi connectivity index (χ2n) is 9.57. The molecule has 1 N–H and O–H groups in total. The van der Waals surface area contributed by atoms with Gasteiger partial charge >= 0.3 is 0 Å². The van der Waals surface area contributed by atoms with Crippen LogP contribution < -0.4 is 9.62 Å². The van der Waals surface area contributed by atoms with Crippen molar-refractivity contribution in [3.8, 4) is 0 Å². The molecule has 0 saturated carbocycles. The maximum absolute atomic E-state index is 14.0. The van der Waals surface area contributed by atoms with E-state index in [-0.39, 0.29) is 40.6 Å². The number of carbonyl (C=O) groups excluding carboxylic acids is 2. The third kappa shape index (κ3) is 8.94. The monoisotopic (exact) mass is 607 g/mol. The molecule has 0 aliphatic rings. The molecule has 3 aromatic carbocycles. The summed E-state index contributed by atoms with van der Waals surface area (Å²) in [5.41, 5.74) is 1.49. The van der Waals surface area contributed by atoms with Gasteiger partial charge in [-0.1, -0.05) is 72.6 Å². The van der Waals surface area contributed by atoms with Crippen LogP contribution in [0.5, 0.6) is 0 Å². The van der Waals surface area contributed by atoms with Crippen LogP contribution in [0.2, 0.25) is 10.0 Å². The summed E-state index contributed by atoms with van der Waals surface area (Å²) in [5, 5.41) is 3.34. The van der Waals surface area contributed by atoms with Crippen LogP contribution in [0.25, 0.3) is 0 Å². The summed E-state index contributed by atoms with van der Waals surface area (Å²) in [7, 11) is -3.97. The molecule has 0 bridgehead atoms. The van der Waals surface area contributed by atoms with Gasteiger partial charge in [0.25, 0.3) is 0 Å². The van der Waals surface area contributed by atoms with Gasteiger partial charge in [0.1, 0.15) is 18.4 Å². The average Bonchev–Trinajstić information content (AvgIpc) is 2.89. The summed E-state index contributed by atoms with van der Waals surface area (Å²) in [6.07, 6.45) is 1.82. The van der Waals surface area contributed by atoms with E-state index in [0.29, 0.717) is 12.0 Å². The number of hydrogen-bond donors (Lipinski definition) is 1. The normalized spacial score (nSPS) is 12.8. The predicted molar refractivity (Wildman–Crippen MR) is 157 cm³/mol. The van der Waals surface area contributed by atoms with Gasteiger partial charge < -0.3 is 10.2 Å². The topological polar surface area (TPSA) is 86.8 Å². The molecule has 0 aromatic heterocycles. The van der Waals surface area contributed by atoms with E-state index in [2.05, 4.69) is 5.32 Å². The number of sulfonamides is 1. The van der Waals surface area contributed by atoms with Crippen molar-refractivity contribution in [2.45, 2.75) is 45.3 Å². The number of anilines is 1. The molecule has 7 nitrogen and oxygen atoms in total. The Morgan fingerprint density at radius 1 is 0.950 bits per heavy atom. The minimum atomic E-state index is -3.97. The zero-order valence-electron chi connectivity index (χ0n) is 22.5. The highest BCUT2D eigenvalue weighted by Gasteiger charge is 2.33. The highest BCUT2D eigenvalue weighted by Crippen LogP contribution is 2.27. The molecule has 2 unspecified atom stereocenters. The zero-order valence-corrected chi connectivity index (χ0v) is 24.8. The predicted octanol–water partition coefficient (Wildman–Crippen LogP) is 5.45. The van der Waals surface area contributed by atoms with Gasteiger partial charge in [-0.25, -0.2) is 12.8 Å². The molecule has 0 aliphatic heterocycles. The molecular formula is C29H32Cl2FN3O4S. The lowest BCUT2D eigenvalue weighted by Crippen LogP contribution is -2.54. The molecule has 0 heterocycles. The largest absolute Gasteiger partial charge is 0.352 e. The molecule has 11 heteroatoms. The van der Waals surface area contributed by atoms with Crippen molar-refractivity contribution in [3.05, 3.63) is 99.8 Å². The number of nitrogens with zero attached hydrogens (tertiary/aromatic N) is 2. The summed E-state index contributed by atoms with van der Waals surface area (Å²) < 4.78 is 40.2. The molecule has 3 aromatic rings. The maximum Gasteiger partial charge on any atom is 0.244 e. The number of rotatable bonds is 12. The van der Waals surface area contributed by atoms with E-state index in [1.165, 1.54) is 47.4 Å². The van der Waals surface area contributed by atoms with Gasteiger partial charge in [0.2, 0.25) is 21.8 Å². The Kier molecular flexibility index (Phi) is 11.0. The quantitative estimate of drug-likeness (QED) is 0.296. The van der Waals surface area contributed by atoms with E-state index >= 15 is 0 Å². The summed E-state index contributed by atoms with van der Waals surface area (Å²) >= 11 is 12.2. The zero-order chi connectivity index (χ0) is 29.4. The van der Waals surface area contributed by atoms with Crippen molar-refractivity contribution < 1.29 is 22.4 Å². The SMILES string of the molecule is CCC(C)NC(=O)C(Cc1ccccc1)N(Cc1ccc(F)cc1)C(=O)CN(c1cc(Cl)cc(Cl)c1)S(C)(=O)=O. The van der Waals surface area contributed by atoms with E-state index < -0.39 is 34.3 Å². The summed E-state index contributed by atoms with van der Waals surface area (Å²) in [5.74, 6) is -1.46. The van der Waals surface area contributed by atoms with E-state index in [4.69, 9.17) is 23.2 Å². The Balaban J connectivity index is 2.07. The van der Waals surface area contributed by atoms with E-state index in [0.717, 1.165) is 16.1 Å². The van der Waals surface area contributed by atoms with Crippen LogP contribution in [0.4, 0.5) is 10.1 Å². The Hall–Kier alpha value is -3.14. The van der Waals surface area contributed by atoms with Crippen molar-refractivity contribution in [2.24, 2.45) is 0 Å². The van der Waals surface area contributed by atoms with E-state index in [1.54, 1.807) is 0 Å². The average molecular weight is 609 g/mol. The number of nitrogens with one attached hydrogen (secondary N) is 1. The number of hydrogen-bond acceptors (Lipinski definition) is 4. The third-order valence-corrected chi connectivity index (χ3v) is 7.93. The van der Waals surface area contributed by atoms with Crippen LogP contribution >= 0.6 is 23.2 Å². The van der Waals surface area contributed by atoms with Crippen molar-refractivity contribution in [1.82, 2.24) is 10.2 Å². The molecule has 0 aliphatic carbocycles. The van der Waals surface area contributed by atoms with Gasteiger partial charge in [-0.3, -0.25) is 13.9 Å². The summed E-state index contributed by atoms with van der Waals surface area (Å²) in [4.78, 5) is 29.0. The first kappa shape index (κ1) is 31.4. The summed E-state index contributed by atoms with van der Waals surface area (Å²) in [6, 6.07) is 17.9. The number of carbonyl (C=O) groups is 2. The number of halogens is 3. The lowest BCUT2D eigenvalue weighted by molar-refractivity contribution is -0.140. The maximum atomic E-state index is 14.0. The first-order valence-electron chi connectivity index (χ1n) is 12.7. The molecule has 40 heavy (non-hydrogen) atoms. The fraction of sp³-hybridized carbons (Fsp3) is 0.310. The highest BCUT2D eigenvalue weighted by atomic mass is 35.5. The van der Waals surface area contributed by atoms with Crippen LogP contribution in [-0.4, -0.2) is 50.0 Å². The van der Waals surface area contributed by atoms with Gasteiger partial charge in [-0.15, -0.1) is 0 Å². The van der Waals surface area contributed by atoms with Gasteiger partial charge in [-0.05, 0) is 54.8 Å². The van der Waals surface area contributed by atoms with Crippen LogP contribution in [0.15, 0.2) is 72.8 Å². The molecule has 3 rings (SSSR count). The second-order valence-corrected chi connectivity index (χ2v) is 12.3. The van der Waals surface area contributed by atoms with Crippen LogP contribution in [-0.2, 0) is 32.6 Å². The van der Waals surface area contributed by atoms with Gasteiger partial charge in [0.05, 0.1) is 11.9 Å². The Morgan fingerprint density at radius 3 is 2.10 bits per heavy atom. The molecular weight excluding hydrogens is 576 g/mol. The van der Waals surface area contributed by atoms with Crippen molar-refractivity contribution in [2.75, 3.05) is 17.1 Å². The molecule has 0 radical (unpaired) electrons. The lowest BCUT2D eigenvalue weighted by atomic mass is 10.0. The molecule has 0 fully saturated rings. The van der Waals surface area contributed by atoms with E-state index in [1.807, 2.05) is 44.2 Å². The van der Waals surface area contributed by atoms with Gasteiger partial charge in [-0.2, -0.15) is 0 Å². The first-order valence-corrected chi connectivity index (χ1v) is 15.3. The number of amides is 2. The fourth-order valence-electron chi connectivity index (χ4n) is 4.08. The summed E-state index contributed by atoms with van der Waals surface area (Å²) in [6.45, 7) is 3.12. The van der Waals surface area contributed by atoms with Gasteiger partial charge in [0, 0.05) is 29.1 Å².